The number of likely N-dealkylation sites (N-methyl/N-ethyl adjacent to an activating group) is 1. The SMILES string of the molecule is CN1CC(=O)N(CC(=O)Cc2ccc(F)cc2)C1=O. The van der Waals surface area contributed by atoms with E-state index in [-0.39, 0.29) is 37.0 Å². The van der Waals surface area contributed by atoms with Gasteiger partial charge in [-0.15, -0.1) is 0 Å². The molecule has 3 amide bonds. The number of nitrogens with zero attached hydrogens (tertiary/aromatic N) is 2. The summed E-state index contributed by atoms with van der Waals surface area (Å²) in [5, 5.41) is 0. The molecule has 1 aromatic carbocycles. The summed E-state index contributed by atoms with van der Waals surface area (Å²) in [5.41, 5.74) is 0.652. The van der Waals surface area contributed by atoms with Crippen LogP contribution in [0.1, 0.15) is 5.56 Å². The van der Waals surface area contributed by atoms with Gasteiger partial charge in [0.1, 0.15) is 12.4 Å². The van der Waals surface area contributed by atoms with E-state index in [2.05, 4.69) is 0 Å². The molecule has 5 nitrogen and oxygen atoms in total. The van der Waals surface area contributed by atoms with E-state index < -0.39 is 6.03 Å². The van der Waals surface area contributed by atoms with Crippen LogP contribution in [0.25, 0.3) is 0 Å². The summed E-state index contributed by atoms with van der Waals surface area (Å²) >= 11 is 0. The zero-order valence-corrected chi connectivity index (χ0v) is 10.4. The van der Waals surface area contributed by atoms with E-state index in [4.69, 9.17) is 0 Å². The first-order valence-corrected chi connectivity index (χ1v) is 5.79. The predicted octanol–water partition coefficient (Wildman–Crippen LogP) is 0.831. The highest BCUT2D eigenvalue weighted by atomic mass is 19.1. The lowest BCUT2D eigenvalue weighted by atomic mass is 10.1. The van der Waals surface area contributed by atoms with Gasteiger partial charge in [0.05, 0.1) is 6.54 Å². The van der Waals surface area contributed by atoms with Crippen molar-refractivity contribution in [3.8, 4) is 0 Å². The second-order valence-corrected chi connectivity index (χ2v) is 4.46. The molecule has 1 heterocycles. The number of hydrogen-bond donors (Lipinski definition) is 0. The number of halogens is 1. The van der Waals surface area contributed by atoms with E-state index in [9.17, 15) is 18.8 Å². The molecule has 0 unspecified atom stereocenters. The van der Waals surface area contributed by atoms with Crippen LogP contribution in [0, 0.1) is 5.82 Å². The number of carbonyl (C=O) groups is 3. The Labute approximate surface area is 109 Å². The van der Waals surface area contributed by atoms with Gasteiger partial charge in [0.25, 0.3) is 5.91 Å². The Morgan fingerprint density at radius 1 is 1.26 bits per heavy atom. The van der Waals surface area contributed by atoms with Crippen LogP contribution < -0.4 is 0 Å². The minimum Gasteiger partial charge on any atom is -0.318 e. The highest BCUT2D eigenvalue weighted by Crippen LogP contribution is 2.09. The molecule has 0 saturated carbocycles. The third-order valence-electron chi connectivity index (χ3n) is 2.88. The lowest BCUT2D eigenvalue weighted by molar-refractivity contribution is -0.129. The van der Waals surface area contributed by atoms with Crippen LogP contribution in [0.4, 0.5) is 9.18 Å². The molecule has 19 heavy (non-hydrogen) atoms. The average Bonchev–Trinajstić information content (AvgIpc) is 2.59. The zero-order valence-electron chi connectivity index (χ0n) is 10.4. The van der Waals surface area contributed by atoms with Gasteiger partial charge in [-0.25, -0.2) is 9.18 Å². The van der Waals surface area contributed by atoms with Crippen LogP contribution in [0.3, 0.4) is 0 Å². The highest BCUT2D eigenvalue weighted by Gasteiger charge is 2.34. The van der Waals surface area contributed by atoms with Crippen LogP contribution in [0.5, 0.6) is 0 Å². The van der Waals surface area contributed by atoms with Gasteiger partial charge in [-0.3, -0.25) is 14.5 Å². The molecule has 1 saturated heterocycles. The van der Waals surface area contributed by atoms with E-state index in [0.29, 0.717) is 5.56 Å². The van der Waals surface area contributed by atoms with Crippen molar-refractivity contribution in [3.05, 3.63) is 35.6 Å². The Hall–Kier alpha value is -2.24. The molecule has 1 fully saturated rings. The monoisotopic (exact) mass is 264 g/mol. The van der Waals surface area contributed by atoms with Crippen LogP contribution in [-0.4, -0.2) is 47.7 Å². The number of amides is 3. The molecule has 0 aromatic heterocycles. The summed E-state index contributed by atoms with van der Waals surface area (Å²) in [5.74, 6) is -1.01. The number of imide groups is 1. The van der Waals surface area contributed by atoms with E-state index in [1.54, 1.807) is 0 Å². The van der Waals surface area contributed by atoms with Gasteiger partial charge < -0.3 is 4.90 Å². The molecule has 2 rings (SSSR count). The van der Waals surface area contributed by atoms with Crippen molar-refractivity contribution < 1.29 is 18.8 Å². The second-order valence-electron chi connectivity index (χ2n) is 4.46. The largest absolute Gasteiger partial charge is 0.327 e. The summed E-state index contributed by atoms with van der Waals surface area (Å²) in [6.45, 7) is -0.234. The van der Waals surface area contributed by atoms with Crippen molar-refractivity contribution in [2.45, 2.75) is 6.42 Å². The first-order chi connectivity index (χ1) is 8.97. The van der Waals surface area contributed by atoms with Crippen LogP contribution in [-0.2, 0) is 16.0 Å². The Balaban J connectivity index is 1.96. The normalized spacial score (nSPS) is 15.3. The molecule has 1 aliphatic rings. The number of hydrogen-bond acceptors (Lipinski definition) is 3. The summed E-state index contributed by atoms with van der Waals surface area (Å²) < 4.78 is 12.7. The summed E-state index contributed by atoms with van der Waals surface area (Å²) in [6, 6.07) is 5.09. The molecule has 0 bridgehead atoms. The zero-order chi connectivity index (χ0) is 14.0. The molecule has 100 valence electrons. The van der Waals surface area contributed by atoms with Crippen LogP contribution in [0.2, 0.25) is 0 Å². The van der Waals surface area contributed by atoms with Gasteiger partial charge in [0.2, 0.25) is 0 Å². The molecule has 1 aliphatic heterocycles. The van der Waals surface area contributed by atoms with Gasteiger partial charge in [-0.05, 0) is 17.7 Å². The number of benzene rings is 1. The first kappa shape index (κ1) is 13.2. The quantitative estimate of drug-likeness (QED) is 0.757. The molecule has 0 aliphatic carbocycles. The number of carbonyl (C=O) groups excluding carboxylic acids is 3. The van der Waals surface area contributed by atoms with Gasteiger partial charge in [-0.1, -0.05) is 12.1 Å². The molecule has 0 radical (unpaired) electrons. The lowest BCUT2D eigenvalue weighted by Crippen LogP contribution is -2.36. The topological polar surface area (TPSA) is 57.7 Å². The molecule has 0 spiro atoms. The summed E-state index contributed by atoms with van der Waals surface area (Å²) in [6.07, 6.45) is 0.0705. The molecule has 0 atom stereocenters. The van der Waals surface area contributed by atoms with Crippen molar-refractivity contribution in [1.29, 1.82) is 0 Å². The Morgan fingerprint density at radius 3 is 2.42 bits per heavy atom. The van der Waals surface area contributed by atoms with Crippen molar-refractivity contribution in [3.63, 3.8) is 0 Å². The van der Waals surface area contributed by atoms with Crippen molar-refractivity contribution >= 4 is 17.7 Å². The van der Waals surface area contributed by atoms with E-state index >= 15 is 0 Å². The summed E-state index contributed by atoms with van der Waals surface area (Å²) in [7, 11) is 1.50. The molecule has 1 aromatic rings. The van der Waals surface area contributed by atoms with Crippen LogP contribution >= 0.6 is 0 Å². The molecular formula is C13H13FN2O3. The van der Waals surface area contributed by atoms with E-state index in [1.807, 2.05) is 0 Å². The third-order valence-corrected chi connectivity index (χ3v) is 2.88. The van der Waals surface area contributed by atoms with Gasteiger partial charge in [-0.2, -0.15) is 0 Å². The highest BCUT2D eigenvalue weighted by molar-refractivity contribution is 6.04. The average molecular weight is 264 g/mol. The predicted molar refractivity (Wildman–Crippen MR) is 64.9 cm³/mol. The first-order valence-electron chi connectivity index (χ1n) is 5.79. The smallest absolute Gasteiger partial charge is 0.318 e. The molecule has 0 N–H and O–H groups in total. The number of rotatable bonds is 4. The number of Topliss-reactive ketones (excluding diaryl/α,β-unsaturated/α-hetero) is 1. The standard InChI is InChI=1S/C13H13FN2O3/c1-15-8-12(18)16(13(15)19)7-11(17)6-9-2-4-10(14)5-3-9/h2-5H,6-8H2,1H3. The molecular weight excluding hydrogens is 251 g/mol. The third kappa shape index (κ3) is 2.96. The summed E-state index contributed by atoms with van der Waals surface area (Å²) in [4.78, 5) is 37.1. The van der Waals surface area contributed by atoms with Gasteiger partial charge in [0, 0.05) is 13.5 Å². The Kier molecular flexibility index (Phi) is 3.59. The van der Waals surface area contributed by atoms with Crippen molar-refractivity contribution in [1.82, 2.24) is 9.80 Å². The van der Waals surface area contributed by atoms with Crippen molar-refractivity contribution in [2.24, 2.45) is 0 Å². The van der Waals surface area contributed by atoms with Gasteiger partial charge in [0.15, 0.2) is 5.78 Å². The Morgan fingerprint density at radius 2 is 1.89 bits per heavy atom. The fraction of sp³-hybridized carbons (Fsp3) is 0.308. The maximum Gasteiger partial charge on any atom is 0.327 e. The fourth-order valence-corrected chi connectivity index (χ4v) is 1.89. The second kappa shape index (κ2) is 5.17. The minimum absolute atomic E-state index is 0.00264. The number of urea groups is 1. The lowest BCUT2D eigenvalue weighted by Gasteiger charge is -2.13. The molecule has 6 heteroatoms. The van der Waals surface area contributed by atoms with E-state index in [1.165, 1.54) is 36.2 Å². The number of ketones is 1. The van der Waals surface area contributed by atoms with Crippen LogP contribution in [0.15, 0.2) is 24.3 Å². The van der Waals surface area contributed by atoms with Crippen molar-refractivity contribution in [2.75, 3.05) is 20.1 Å². The maximum absolute atomic E-state index is 12.7. The Bertz CT molecular complexity index is 527. The minimum atomic E-state index is -0.461. The maximum atomic E-state index is 12.7. The van der Waals surface area contributed by atoms with Gasteiger partial charge >= 0.3 is 6.03 Å². The van der Waals surface area contributed by atoms with E-state index in [0.717, 1.165) is 4.90 Å². The fourth-order valence-electron chi connectivity index (χ4n) is 1.89.